The number of imidazole rings is 1. The lowest BCUT2D eigenvalue weighted by atomic mass is 10.1. The first-order valence-corrected chi connectivity index (χ1v) is 8.27. The molecule has 1 aromatic carbocycles. The molecule has 0 radical (unpaired) electrons. The highest BCUT2D eigenvalue weighted by atomic mass is 32.2. The fourth-order valence-corrected chi connectivity index (χ4v) is 4.15. The minimum atomic E-state index is -3.03. The quantitative estimate of drug-likeness (QED) is 0.867. The van der Waals surface area contributed by atoms with Gasteiger partial charge < -0.3 is 10.3 Å². The summed E-state index contributed by atoms with van der Waals surface area (Å²) < 4.78 is 22.7. The molecule has 1 aliphatic rings. The number of hydrogen-bond donors (Lipinski definition) is 2. The van der Waals surface area contributed by atoms with Crippen LogP contribution in [0.4, 0.5) is 0 Å². The van der Waals surface area contributed by atoms with E-state index in [1.54, 1.807) is 0 Å². The minimum Gasteiger partial charge on any atom is -0.349 e. The van der Waals surface area contributed by atoms with Gasteiger partial charge in [0.25, 0.3) is 0 Å². The number of nitrogens with one attached hydrogen (secondary N) is 2. The molecule has 2 N–H and O–H groups in total. The summed E-state index contributed by atoms with van der Waals surface area (Å²) >= 11 is 0. The van der Waals surface area contributed by atoms with Crippen molar-refractivity contribution >= 4 is 26.8 Å². The molecule has 20 heavy (non-hydrogen) atoms. The van der Waals surface area contributed by atoms with Crippen molar-refractivity contribution in [3.8, 4) is 0 Å². The fourth-order valence-electron chi connectivity index (χ4n) is 2.41. The van der Waals surface area contributed by atoms with Gasteiger partial charge in [0.2, 0.25) is 5.91 Å². The summed E-state index contributed by atoms with van der Waals surface area (Å²) in [6, 6.07) is 7.61. The molecule has 2 heterocycles. The highest BCUT2D eigenvalue weighted by Crippen LogP contribution is 2.18. The van der Waals surface area contributed by atoms with Gasteiger partial charge in [-0.3, -0.25) is 4.79 Å². The first kappa shape index (κ1) is 13.1. The van der Waals surface area contributed by atoms with Gasteiger partial charge in [-0.2, -0.15) is 0 Å². The molecule has 0 aliphatic carbocycles. The van der Waals surface area contributed by atoms with Gasteiger partial charge in [0.15, 0.2) is 9.84 Å². The van der Waals surface area contributed by atoms with Crippen molar-refractivity contribution in [2.75, 3.05) is 11.5 Å². The van der Waals surface area contributed by atoms with Gasteiger partial charge in [0, 0.05) is 0 Å². The second-order valence-corrected chi connectivity index (χ2v) is 7.25. The number of carbonyl (C=O) groups is 1. The van der Waals surface area contributed by atoms with Crippen LogP contribution in [-0.4, -0.2) is 35.8 Å². The maximum Gasteiger partial charge on any atom is 0.224 e. The summed E-state index contributed by atoms with van der Waals surface area (Å²) in [7, 11) is -3.03. The van der Waals surface area contributed by atoms with E-state index in [1.807, 2.05) is 24.3 Å². The molecule has 7 heteroatoms. The second kappa shape index (κ2) is 4.90. The molecule has 6 nitrogen and oxygen atoms in total. The third kappa shape index (κ3) is 2.67. The number of hydrogen-bond acceptors (Lipinski definition) is 4. The van der Waals surface area contributed by atoms with Crippen molar-refractivity contribution in [2.45, 2.75) is 13.0 Å². The van der Waals surface area contributed by atoms with Crippen LogP contribution in [0.15, 0.2) is 24.3 Å². The van der Waals surface area contributed by atoms with E-state index in [9.17, 15) is 13.2 Å². The zero-order chi connectivity index (χ0) is 14.2. The first-order valence-electron chi connectivity index (χ1n) is 6.45. The Morgan fingerprint density at radius 1 is 1.40 bits per heavy atom. The van der Waals surface area contributed by atoms with Crippen molar-refractivity contribution in [3.05, 3.63) is 30.1 Å². The predicted octanol–water partition coefficient (Wildman–Crippen LogP) is 0.614. The number of sulfone groups is 1. The Bertz CT molecular complexity index is 718. The molecule has 0 spiro atoms. The average Bonchev–Trinajstić information content (AvgIpc) is 2.98. The topological polar surface area (TPSA) is 91.9 Å². The molecule has 0 saturated carbocycles. The number of nitrogens with zero attached hydrogens (tertiary/aromatic N) is 1. The van der Waals surface area contributed by atoms with Crippen molar-refractivity contribution < 1.29 is 13.2 Å². The molecule has 106 valence electrons. The van der Waals surface area contributed by atoms with Crippen molar-refractivity contribution in [1.29, 1.82) is 0 Å². The van der Waals surface area contributed by atoms with Crippen LogP contribution < -0.4 is 5.32 Å². The van der Waals surface area contributed by atoms with Gasteiger partial charge in [-0.25, -0.2) is 13.4 Å². The zero-order valence-electron chi connectivity index (χ0n) is 10.8. The van der Waals surface area contributed by atoms with Gasteiger partial charge in [0.1, 0.15) is 5.82 Å². The summed E-state index contributed by atoms with van der Waals surface area (Å²) in [5.74, 6) is 0.0885. The lowest BCUT2D eigenvalue weighted by molar-refractivity contribution is -0.124. The van der Waals surface area contributed by atoms with E-state index >= 15 is 0 Å². The van der Waals surface area contributed by atoms with E-state index in [1.165, 1.54) is 0 Å². The number of aromatic amines is 1. The first-order chi connectivity index (χ1) is 9.53. The normalized spacial score (nSPS) is 21.1. The summed E-state index contributed by atoms with van der Waals surface area (Å²) in [5, 5.41) is 2.74. The van der Waals surface area contributed by atoms with E-state index in [2.05, 4.69) is 15.3 Å². The Morgan fingerprint density at radius 2 is 2.20 bits per heavy atom. The molecule has 1 fully saturated rings. The third-order valence-electron chi connectivity index (χ3n) is 3.47. The Kier molecular flexibility index (Phi) is 3.21. The summed E-state index contributed by atoms with van der Waals surface area (Å²) in [6.45, 7) is 0.282. The third-order valence-corrected chi connectivity index (χ3v) is 5.24. The maximum absolute atomic E-state index is 11.9. The standard InChI is InChI=1S/C13H15N3O3S/c17-13(9-5-6-20(18,19)8-9)14-7-12-15-10-3-1-2-4-11(10)16-12/h1-4,9H,5-8H2,(H,14,17)(H,15,16). The van der Waals surface area contributed by atoms with Gasteiger partial charge >= 0.3 is 0 Å². The molecular formula is C13H15N3O3S. The Hall–Kier alpha value is -1.89. The lowest BCUT2D eigenvalue weighted by Crippen LogP contribution is -2.31. The lowest BCUT2D eigenvalue weighted by Gasteiger charge is -2.07. The number of para-hydroxylation sites is 2. The van der Waals surface area contributed by atoms with E-state index in [0.29, 0.717) is 12.2 Å². The van der Waals surface area contributed by atoms with Crippen LogP contribution >= 0.6 is 0 Å². The molecule has 1 saturated heterocycles. The van der Waals surface area contributed by atoms with Crippen LogP contribution in [0, 0.1) is 5.92 Å². The van der Waals surface area contributed by atoms with Crippen molar-refractivity contribution in [1.82, 2.24) is 15.3 Å². The van der Waals surface area contributed by atoms with Crippen LogP contribution in [0.2, 0.25) is 0 Å². The summed E-state index contributed by atoms with van der Waals surface area (Å²) in [6.07, 6.45) is 0.411. The van der Waals surface area contributed by atoms with Gasteiger partial charge in [0.05, 0.1) is 35.0 Å². The van der Waals surface area contributed by atoms with Crippen LogP contribution in [0.1, 0.15) is 12.2 Å². The number of aromatic nitrogens is 2. The van der Waals surface area contributed by atoms with E-state index in [4.69, 9.17) is 0 Å². The van der Waals surface area contributed by atoms with Gasteiger partial charge in [-0.15, -0.1) is 0 Å². The van der Waals surface area contributed by atoms with Crippen molar-refractivity contribution in [3.63, 3.8) is 0 Å². The molecule has 3 rings (SSSR count). The van der Waals surface area contributed by atoms with Crippen LogP contribution in [-0.2, 0) is 21.2 Å². The van der Waals surface area contributed by atoms with Crippen LogP contribution in [0.3, 0.4) is 0 Å². The van der Waals surface area contributed by atoms with Crippen molar-refractivity contribution in [2.24, 2.45) is 5.92 Å². The number of amides is 1. The van der Waals surface area contributed by atoms with Gasteiger partial charge in [-0.05, 0) is 18.6 Å². The molecular weight excluding hydrogens is 278 g/mol. The number of carbonyl (C=O) groups excluding carboxylic acids is 1. The van der Waals surface area contributed by atoms with E-state index in [-0.39, 0.29) is 24.0 Å². The van der Waals surface area contributed by atoms with Gasteiger partial charge in [-0.1, -0.05) is 12.1 Å². The molecule has 0 bridgehead atoms. The fraction of sp³-hybridized carbons (Fsp3) is 0.385. The minimum absolute atomic E-state index is 0.0427. The number of benzene rings is 1. The predicted molar refractivity (Wildman–Crippen MR) is 74.7 cm³/mol. The summed E-state index contributed by atoms with van der Waals surface area (Å²) in [4.78, 5) is 19.4. The molecule has 1 atom stereocenters. The smallest absolute Gasteiger partial charge is 0.224 e. The highest BCUT2D eigenvalue weighted by Gasteiger charge is 2.32. The molecule has 2 aromatic rings. The van der Waals surface area contributed by atoms with Crippen LogP contribution in [0.5, 0.6) is 0 Å². The molecule has 1 aromatic heterocycles. The summed E-state index contributed by atoms with van der Waals surface area (Å²) in [5.41, 5.74) is 1.76. The zero-order valence-corrected chi connectivity index (χ0v) is 11.6. The Labute approximate surface area is 116 Å². The Balaban J connectivity index is 1.63. The van der Waals surface area contributed by atoms with E-state index in [0.717, 1.165) is 11.0 Å². The molecule has 1 amide bonds. The Morgan fingerprint density at radius 3 is 2.90 bits per heavy atom. The highest BCUT2D eigenvalue weighted by molar-refractivity contribution is 7.91. The maximum atomic E-state index is 11.9. The molecule has 1 unspecified atom stereocenters. The molecule has 1 aliphatic heterocycles. The largest absolute Gasteiger partial charge is 0.349 e. The monoisotopic (exact) mass is 293 g/mol. The SMILES string of the molecule is O=C(NCc1nc2ccccc2[nH]1)C1CCS(=O)(=O)C1. The van der Waals surface area contributed by atoms with Crippen LogP contribution in [0.25, 0.3) is 11.0 Å². The van der Waals surface area contributed by atoms with E-state index < -0.39 is 15.8 Å². The average molecular weight is 293 g/mol. The second-order valence-electron chi connectivity index (χ2n) is 5.02. The number of fused-ring (bicyclic) bond motifs is 1. The number of H-pyrrole nitrogens is 1. The number of rotatable bonds is 3.